The first-order valence-electron chi connectivity index (χ1n) is 8.95. The molecule has 3 rings (SSSR count). The second-order valence-electron chi connectivity index (χ2n) is 6.29. The van der Waals surface area contributed by atoms with Gasteiger partial charge in [0.1, 0.15) is 5.82 Å². The van der Waals surface area contributed by atoms with Crippen molar-refractivity contribution in [1.82, 2.24) is 0 Å². The highest BCUT2D eigenvalue weighted by atomic mass is 35.5. The van der Waals surface area contributed by atoms with Gasteiger partial charge < -0.3 is 15.7 Å². The summed E-state index contributed by atoms with van der Waals surface area (Å²) in [6.07, 6.45) is 0. The molecule has 3 aromatic carbocycles. The Balaban J connectivity index is 1.55. The lowest BCUT2D eigenvalue weighted by molar-refractivity contribution is -0.113. The Morgan fingerprint density at radius 3 is 2.19 bits per heavy atom. The fourth-order valence-electron chi connectivity index (χ4n) is 2.62. The first-order chi connectivity index (χ1) is 14.8. The molecule has 9 heteroatoms. The van der Waals surface area contributed by atoms with Crippen LogP contribution in [-0.4, -0.2) is 28.6 Å². The smallest absolute Gasteiger partial charge is 0.336 e. The average Bonchev–Trinajstić information content (AvgIpc) is 2.76. The van der Waals surface area contributed by atoms with Crippen molar-refractivity contribution in [2.45, 2.75) is 4.90 Å². The van der Waals surface area contributed by atoms with Crippen LogP contribution in [0.1, 0.15) is 20.7 Å². The lowest BCUT2D eigenvalue weighted by Crippen LogP contribution is -2.16. The van der Waals surface area contributed by atoms with E-state index in [2.05, 4.69) is 10.6 Å². The highest BCUT2D eigenvalue weighted by Gasteiger charge is 2.15. The lowest BCUT2D eigenvalue weighted by atomic mass is 10.1. The molecule has 158 valence electrons. The van der Waals surface area contributed by atoms with E-state index in [1.165, 1.54) is 42.1 Å². The first kappa shape index (κ1) is 22.3. The number of hydrogen-bond donors (Lipinski definition) is 3. The van der Waals surface area contributed by atoms with Gasteiger partial charge in [-0.05, 0) is 54.6 Å². The molecule has 0 atom stereocenters. The molecular weight excluding hydrogens is 443 g/mol. The zero-order valence-corrected chi connectivity index (χ0v) is 17.5. The highest BCUT2D eigenvalue weighted by molar-refractivity contribution is 8.00. The molecule has 0 bridgehead atoms. The maximum atomic E-state index is 13.2. The van der Waals surface area contributed by atoms with Crippen molar-refractivity contribution in [1.29, 1.82) is 0 Å². The molecule has 3 aromatic rings. The number of nitrogens with one attached hydrogen (secondary N) is 2. The van der Waals surface area contributed by atoms with E-state index in [0.29, 0.717) is 11.4 Å². The van der Waals surface area contributed by atoms with E-state index >= 15 is 0 Å². The monoisotopic (exact) mass is 458 g/mol. The zero-order valence-electron chi connectivity index (χ0n) is 15.9. The van der Waals surface area contributed by atoms with Crippen molar-refractivity contribution < 1.29 is 23.9 Å². The molecule has 3 N–H and O–H groups in total. The van der Waals surface area contributed by atoms with Crippen molar-refractivity contribution in [3.05, 3.63) is 88.7 Å². The summed E-state index contributed by atoms with van der Waals surface area (Å²) in [5.41, 5.74) is 0.864. The van der Waals surface area contributed by atoms with E-state index in [9.17, 15) is 23.9 Å². The predicted octanol–water partition coefficient (Wildman–Crippen LogP) is 5.16. The number of anilines is 2. The van der Waals surface area contributed by atoms with Crippen LogP contribution in [0.4, 0.5) is 15.8 Å². The van der Waals surface area contributed by atoms with Gasteiger partial charge in [0.2, 0.25) is 5.91 Å². The number of carboxylic acid groups (broad SMARTS) is 1. The third kappa shape index (κ3) is 6.07. The molecule has 2 amide bonds. The number of carbonyl (C=O) groups excluding carboxylic acids is 2. The SMILES string of the molecule is O=C(CSc1ccc(NC(=O)c2ccccc2C(=O)O)cc1)Nc1ccc(F)c(Cl)c1. The minimum absolute atomic E-state index is 0.0611. The molecule has 0 unspecified atom stereocenters. The summed E-state index contributed by atoms with van der Waals surface area (Å²) < 4.78 is 13.2. The van der Waals surface area contributed by atoms with Crippen molar-refractivity contribution in [2.24, 2.45) is 0 Å². The Bertz CT molecular complexity index is 1140. The number of hydrogen-bond acceptors (Lipinski definition) is 4. The van der Waals surface area contributed by atoms with Crippen LogP contribution in [0, 0.1) is 5.82 Å². The minimum Gasteiger partial charge on any atom is -0.478 e. The Morgan fingerprint density at radius 1 is 0.903 bits per heavy atom. The molecule has 0 fully saturated rings. The third-order valence-electron chi connectivity index (χ3n) is 4.09. The topological polar surface area (TPSA) is 95.5 Å². The van der Waals surface area contributed by atoms with E-state index in [4.69, 9.17) is 11.6 Å². The second kappa shape index (κ2) is 10.1. The van der Waals surface area contributed by atoms with Crippen molar-refractivity contribution in [2.75, 3.05) is 16.4 Å². The van der Waals surface area contributed by atoms with Gasteiger partial charge in [-0.1, -0.05) is 23.7 Å². The maximum absolute atomic E-state index is 13.2. The second-order valence-corrected chi connectivity index (χ2v) is 7.75. The number of benzene rings is 3. The molecule has 6 nitrogen and oxygen atoms in total. The molecule has 0 aliphatic heterocycles. The Labute approximate surface area is 186 Å². The van der Waals surface area contributed by atoms with Crippen LogP contribution in [0.2, 0.25) is 5.02 Å². The van der Waals surface area contributed by atoms with Gasteiger partial charge in [0, 0.05) is 16.3 Å². The van der Waals surface area contributed by atoms with Gasteiger partial charge in [-0.3, -0.25) is 9.59 Å². The van der Waals surface area contributed by atoms with Crippen LogP contribution in [-0.2, 0) is 4.79 Å². The minimum atomic E-state index is -1.18. The summed E-state index contributed by atoms with van der Waals surface area (Å²) in [6, 6.07) is 16.6. The van der Waals surface area contributed by atoms with Gasteiger partial charge in [0.15, 0.2) is 0 Å². The molecule has 0 saturated heterocycles. The van der Waals surface area contributed by atoms with Gasteiger partial charge >= 0.3 is 5.97 Å². The summed E-state index contributed by atoms with van der Waals surface area (Å²) in [6.45, 7) is 0. The average molecular weight is 459 g/mol. The van der Waals surface area contributed by atoms with Gasteiger partial charge in [0.25, 0.3) is 5.91 Å². The maximum Gasteiger partial charge on any atom is 0.336 e. The number of aromatic carboxylic acids is 1. The largest absolute Gasteiger partial charge is 0.478 e. The third-order valence-corrected chi connectivity index (χ3v) is 5.39. The summed E-state index contributed by atoms with van der Waals surface area (Å²) in [5, 5.41) is 14.4. The zero-order chi connectivity index (χ0) is 22.4. The number of thioether (sulfide) groups is 1. The normalized spacial score (nSPS) is 10.4. The molecule has 0 aliphatic rings. The number of carboxylic acids is 1. The summed E-state index contributed by atoms with van der Waals surface area (Å²) in [7, 11) is 0. The van der Waals surface area contributed by atoms with Crippen molar-refractivity contribution >= 4 is 52.5 Å². The van der Waals surface area contributed by atoms with E-state index in [0.717, 1.165) is 4.90 Å². The van der Waals surface area contributed by atoms with Crippen LogP contribution in [0.3, 0.4) is 0 Å². The number of rotatable bonds is 7. The van der Waals surface area contributed by atoms with E-state index < -0.39 is 17.7 Å². The van der Waals surface area contributed by atoms with Crippen LogP contribution in [0.25, 0.3) is 0 Å². The molecule has 0 aliphatic carbocycles. The Morgan fingerprint density at radius 2 is 1.55 bits per heavy atom. The van der Waals surface area contributed by atoms with Crippen LogP contribution in [0.15, 0.2) is 71.6 Å². The van der Waals surface area contributed by atoms with Crippen molar-refractivity contribution in [3.63, 3.8) is 0 Å². The molecule has 31 heavy (non-hydrogen) atoms. The standard InChI is InChI=1S/C22H16ClFN2O4S/c23-18-11-14(7-10-19(18)24)25-20(27)12-31-15-8-5-13(6-9-15)26-21(28)16-3-1-2-4-17(16)22(29)30/h1-11H,12H2,(H,25,27)(H,26,28)(H,29,30). The Hall–Kier alpha value is -3.36. The van der Waals surface area contributed by atoms with Gasteiger partial charge in [0.05, 0.1) is 21.9 Å². The van der Waals surface area contributed by atoms with Gasteiger partial charge in [-0.25, -0.2) is 9.18 Å². The fourth-order valence-corrected chi connectivity index (χ4v) is 3.50. The number of halogens is 2. The molecular formula is C22H16ClFN2O4S. The summed E-state index contributed by atoms with van der Waals surface area (Å²) in [4.78, 5) is 36.5. The molecule has 0 spiro atoms. The Kier molecular flexibility index (Phi) is 7.28. The van der Waals surface area contributed by atoms with E-state index in [-0.39, 0.29) is 27.8 Å². The van der Waals surface area contributed by atoms with Gasteiger partial charge in [-0.2, -0.15) is 0 Å². The fraction of sp³-hybridized carbons (Fsp3) is 0.0455. The quantitative estimate of drug-likeness (QED) is 0.425. The number of carbonyl (C=O) groups is 3. The van der Waals surface area contributed by atoms with Crippen molar-refractivity contribution in [3.8, 4) is 0 Å². The molecule has 0 radical (unpaired) electrons. The predicted molar refractivity (Wildman–Crippen MR) is 119 cm³/mol. The molecule has 0 heterocycles. The molecule has 0 aromatic heterocycles. The lowest BCUT2D eigenvalue weighted by Gasteiger charge is -2.09. The van der Waals surface area contributed by atoms with Gasteiger partial charge in [-0.15, -0.1) is 11.8 Å². The van der Waals surface area contributed by atoms with Crippen LogP contribution < -0.4 is 10.6 Å². The van der Waals surface area contributed by atoms with E-state index in [1.807, 2.05) is 0 Å². The molecule has 0 saturated carbocycles. The van der Waals surface area contributed by atoms with Crippen LogP contribution >= 0.6 is 23.4 Å². The first-order valence-corrected chi connectivity index (χ1v) is 10.3. The summed E-state index contributed by atoms with van der Waals surface area (Å²) in [5.74, 6) is -2.44. The van der Waals surface area contributed by atoms with E-state index in [1.54, 1.807) is 36.4 Å². The summed E-state index contributed by atoms with van der Waals surface area (Å²) >= 11 is 6.97. The highest BCUT2D eigenvalue weighted by Crippen LogP contribution is 2.23. The number of amides is 2. The van der Waals surface area contributed by atoms with Crippen LogP contribution in [0.5, 0.6) is 0 Å².